The number of benzene rings is 2. The Hall–Kier alpha value is -1.58. The number of para-hydroxylation sites is 1. The molecule has 19 heavy (non-hydrogen) atoms. The minimum absolute atomic E-state index is 0.169. The van der Waals surface area contributed by atoms with Gasteiger partial charge in [-0.3, -0.25) is 0 Å². The van der Waals surface area contributed by atoms with Crippen molar-refractivity contribution < 1.29 is 9.13 Å². The Balaban J connectivity index is 2.43. The van der Waals surface area contributed by atoms with Crippen molar-refractivity contribution in [2.45, 2.75) is 19.9 Å². The molecular formula is C15H15ClFNO. The van der Waals surface area contributed by atoms with Crippen molar-refractivity contribution in [3.05, 3.63) is 58.4 Å². The molecule has 2 nitrogen and oxygen atoms in total. The normalized spacial score (nSPS) is 12.3. The molecule has 0 fully saturated rings. The summed E-state index contributed by atoms with van der Waals surface area (Å²) in [5.74, 6) is 0.309. The summed E-state index contributed by atoms with van der Waals surface area (Å²) in [4.78, 5) is 0. The lowest BCUT2D eigenvalue weighted by atomic mass is 10.1. The lowest BCUT2D eigenvalue weighted by Crippen LogP contribution is -2.07. The van der Waals surface area contributed by atoms with Crippen molar-refractivity contribution in [1.82, 2.24) is 0 Å². The number of hydrogen-bond donors (Lipinski definition) is 1. The van der Waals surface area contributed by atoms with Gasteiger partial charge in [0.25, 0.3) is 0 Å². The van der Waals surface area contributed by atoms with Gasteiger partial charge >= 0.3 is 0 Å². The maximum Gasteiger partial charge on any atom is 0.167 e. The molecule has 4 heteroatoms. The van der Waals surface area contributed by atoms with E-state index in [1.165, 1.54) is 6.07 Å². The summed E-state index contributed by atoms with van der Waals surface area (Å²) in [6, 6.07) is 9.61. The molecule has 0 aliphatic rings. The molecule has 1 atom stereocenters. The molecule has 2 rings (SSSR count). The van der Waals surface area contributed by atoms with E-state index in [9.17, 15) is 4.39 Å². The van der Waals surface area contributed by atoms with Crippen LogP contribution in [-0.2, 0) is 0 Å². The Morgan fingerprint density at radius 1 is 1.26 bits per heavy atom. The lowest BCUT2D eigenvalue weighted by Gasteiger charge is -2.15. The van der Waals surface area contributed by atoms with Crippen LogP contribution in [0.4, 0.5) is 4.39 Å². The van der Waals surface area contributed by atoms with E-state index in [0.717, 1.165) is 5.56 Å². The standard InChI is InChI=1S/C15H15ClFNO/c1-9-8-11(16)6-7-14(9)19-15-12(10(2)18)4-3-5-13(15)17/h3-8,10H,18H2,1-2H3. The quantitative estimate of drug-likeness (QED) is 0.891. The highest BCUT2D eigenvalue weighted by Crippen LogP contribution is 2.33. The van der Waals surface area contributed by atoms with Crippen LogP contribution in [-0.4, -0.2) is 0 Å². The van der Waals surface area contributed by atoms with Crippen LogP contribution < -0.4 is 10.5 Å². The molecule has 0 aliphatic heterocycles. The number of aryl methyl sites for hydroxylation is 1. The van der Waals surface area contributed by atoms with Gasteiger partial charge in [-0.1, -0.05) is 23.7 Å². The largest absolute Gasteiger partial charge is 0.454 e. The zero-order valence-corrected chi connectivity index (χ0v) is 11.5. The van der Waals surface area contributed by atoms with Crippen molar-refractivity contribution in [3.8, 4) is 11.5 Å². The van der Waals surface area contributed by atoms with Crippen LogP contribution in [0.2, 0.25) is 5.02 Å². The van der Waals surface area contributed by atoms with Gasteiger partial charge in [-0.05, 0) is 43.7 Å². The third kappa shape index (κ3) is 3.06. The first kappa shape index (κ1) is 13.8. The Morgan fingerprint density at radius 2 is 2.00 bits per heavy atom. The Bertz CT molecular complexity index is 599. The molecule has 2 N–H and O–H groups in total. The van der Waals surface area contributed by atoms with E-state index in [4.69, 9.17) is 22.1 Å². The number of halogens is 2. The fourth-order valence-corrected chi connectivity index (χ4v) is 2.06. The van der Waals surface area contributed by atoms with Gasteiger partial charge in [-0.25, -0.2) is 4.39 Å². The van der Waals surface area contributed by atoms with E-state index in [1.807, 2.05) is 6.92 Å². The summed E-state index contributed by atoms with van der Waals surface area (Å²) in [5.41, 5.74) is 7.30. The number of rotatable bonds is 3. The van der Waals surface area contributed by atoms with Crippen molar-refractivity contribution in [1.29, 1.82) is 0 Å². The number of hydrogen-bond acceptors (Lipinski definition) is 2. The first-order valence-corrected chi connectivity index (χ1v) is 6.35. The van der Waals surface area contributed by atoms with Gasteiger partial charge < -0.3 is 10.5 Å². The third-order valence-corrected chi connectivity index (χ3v) is 3.07. The van der Waals surface area contributed by atoms with E-state index in [2.05, 4.69) is 0 Å². The lowest BCUT2D eigenvalue weighted by molar-refractivity contribution is 0.430. The summed E-state index contributed by atoms with van der Waals surface area (Å²) in [7, 11) is 0. The maximum atomic E-state index is 13.9. The first-order chi connectivity index (χ1) is 8.99. The smallest absolute Gasteiger partial charge is 0.167 e. The Morgan fingerprint density at radius 3 is 2.63 bits per heavy atom. The van der Waals surface area contributed by atoms with Gasteiger partial charge in [0.2, 0.25) is 0 Å². The van der Waals surface area contributed by atoms with E-state index in [1.54, 1.807) is 37.3 Å². The summed E-state index contributed by atoms with van der Waals surface area (Å²) in [6.07, 6.45) is 0. The summed E-state index contributed by atoms with van der Waals surface area (Å²) < 4.78 is 19.6. The molecule has 1 unspecified atom stereocenters. The highest BCUT2D eigenvalue weighted by molar-refractivity contribution is 6.30. The van der Waals surface area contributed by atoms with Crippen LogP contribution in [0.15, 0.2) is 36.4 Å². The molecule has 100 valence electrons. The predicted molar refractivity (Wildman–Crippen MR) is 75.3 cm³/mol. The van der Waals surface area contributed by atoms with Crippen molar-refractivity contribution in [3.63, 3.8) is 0 Å². The second-order valence-electron chi connectivity index (χ2n) is 4.46. The van der Waals surface area contributed by atoms with Gasteiger partial charge in [0.05, 0.1) is 0 Å². The molecule has 0 spiro atoms. The number of nitrogens with two attached hydrogens (primary N) is 1. The highest BCUT2D eigenvalue weighted by Gasteiger charge is 2.14. The molecule has 2 aromatic carbocycles. The second kappa shape index (κ2) is 5.59. The molecule has 0 heterocycles. The molecule has 0 amide bonds. The first-order valence-electron chi connectivity index (χ1n) is 5.97. The van der Waals surface area contributed by atoms with Crippen LogP contribution in [0, 0.1) is 12.7 Å². The SMILES string of the molecule is Cc1cc(Cl)ccc1Oc1c(F)cccc1C(C)N. The minimum atomic E-state index is -0.427. The van der Waals surface area contributed by atoms with E-state index in [0.29, 0.717) is 16.3 Å². The monoisotopic (exact) mass is 279 g/mol. The third-order valence-electron chi connectivity index (χ3n) is 2.84. The van der Waals surface area contributed by atoms with Gasteiger partial charge in [-0.15, -0.1) is 0 Å². The second-order valence-corrected chi connectivity index (χ2v) is 4.90. The predicted octanol–water partition coefficient (Wildman–Crippen LogP) is 4.60. The van der Waals surface area contributed by atoms with Gasteiger partial charge in [0.15, 0.2) is 11.6 Å². The average Bonchev–Trinajstić information content (AvgIpc) is 2.34. The minimum Gasteiger partial charge on any atom is -0.454 e. The summed E-state index contributed by atoms with van der Waals surface area (Å²) in [5, 5.41) is 0.616. The van der Waals surface area contributed by atoms with Crippen LogP contribution in [0.1, 0.15) is 24.1 Å². The molecular weight excluding hydrogens is 265 g/mol. The Labute approximate surface area is 117 Å². The van der Waals surface area contributed by atoms with Crippen molar-refractivity contribution >= 4 is 11.6 Å². The Kier molecular flexibility index (Phi) is 4.08. The molecule has 0 saturated heterocycles. The molecule has 0 radical (unpaired) electrons. The van der Waals surface area contributed by atoms with Gasteiger partial charge in [0, 0.05) is 16.6 Å². The van der Waals surface area contributed by atoms with Gasteiger partial charge in [-0.2, -0.15) is 0 Å². The van der Waals surface area contributed by atoms with Crippen LogP contribution >= 0.6 is 11.6 Å². The van der Waals surface area contributed by atoms with Crippen LogP contribution in [0.5, 0.6) is 11.5 Å². The van der Waals surface area contributed by atoms with E-state index in [-0.39, 0.29) is 11.8 Å². The van der Waals surface area contributed by atoms with Crippen molar-refractivity contribution in [2.75, 3.05) is 0 Å². The molecule has 2 aromatic rings. The molecule has 0 aromatic heterocycles. The maximum absolute atomic E-state index is 13.9. The molecule has 0 aliphatic carbocycles. The van der Waals surface area contributed by atoms with Crippen LogP contribution in [0.3, 0.4) is 0 Å². The average molecular weight is 280 g/mol. The highest BCUT2D eigenvalue weighted by atomic mass is 35.5. The number of ether oxygens (including phenoxy) is 1. The van der Waals surface area contributed by atoms with Gasteiger partial charge in [0.1, 0.15) is 5.75 Å². The fraction of sp³-hybridized carbons (Fsp3) is 0.200. The topological polar surface area (TPSA) is 35.2 Å². The zero-order chi connectivity index (χ0) is 14.0. The van der Waals surface area contributed by atoms with Crippen molar-refractivity contribution in [2.24, 2.45) is 5.73 Å². The zero-order valence-electron chi connectivity index (χ0n) is 10.8. The van der Waals surface area contributed by atoms with E-state index < -0.39 is 5.82 Å². The van der Waals surface area contributed by atoms with Crippen LogP contribution in [0.25, 0.3) is 0 Å². The summed E-state index contributed by atoms with van der Waals surface area (Å²) in [6.45, 7) is 3.64. The fourth-order valence-electron chi connectivity index (χ4n) is 1.83. The summed E-state index contributed by atoms with van der Waals surface area (Å²) >= 11 is 5.88. The molecule has 0 saturated carbocycles. The molecule has 0 bridgehead atoms. The van der Waals surface area contributed by atoms with E-state index >= 15 is 0 Å².